The van der Waals surface area contributed by atoms with E-state index < -0.39 is 30.8 Å². The van der Waals surface area contributed by atoms with Crippen LogP contribution < -0.4 is 10.1 Å². The van der Waals surface area contributed by atoms with Crippen LogP contribution in [0.4, 0.5) is 4.39 Å². The van der Waals surface area contributed by atoms with Gasteiger partial charge in [-0.2, -0.15) is 0 Å². The highest BCUT2D eigenvalue weighted by molar-refractivity contribution is 5.99. The molecule has 0 aliphatic carbocycles. The number of hydrogen-bond acceptors (Lipinski definition) is 5. The summed E-state index contributed by atoms with van der Waals surface area (Å²) in [5, 5.41) is 2.26. The number of hydrogen-bond donors (Lipinski definition) is 1. The van der Waals surface area contributed by atoms with Crippen molar-refractivity contribution in [2.24, 2.45) is 0 Å². The molecule has 0 bridgehead atoms. The zero-order valence-corrected chi connectivity index (χ0v) is 13.8. The number of carbonyl (C=O) groups excluding carboxylic acids is 3. The second-order valence-corrected chi connectivity index (χ2v) is 5.67. The molecule has 1 aliphatic rings. The quantitative estimate of drug-likeness (QED) is 0.631. The summed E-state index contributed by atoms with van der Waals surface area (Å²) in [7, 11) is 0. The summed E-state index contributed by atoms with van der Waals surface area (Å²) in [6, 6.07) is 10.5. The van der Waals surface area contributed by atoms with Crippen LogP contribution in [-0.2, 0) is 16.0 Å². The lowest BCUT2D eigenvalue weighted by atomic mass is 10.1. The van der Waals surface area contributed by atoms with E-state index in [-0.39, 0.29) is 11.3 Å². The van der Waals surface area contributed by atoms with Crippen molar-refractivity contribution in [1.29, 1.82) is 0 Å². The van der Waals surface area contributed by atoms with Gasteiger partial charge >= 0.3 is 5.97 Å². The number of ether oxygens (including phenoxy) is 2. The number of esters is 1. The molecule has 7 heteroatoms. The summed E-state index contributed by atoms with van der Waals surface area (Å²) in [4.78, 5) is 35.6. The Kier molecular flexibility index (Phi) is 5.26. The smallest absolute Gasteiger partial charge is 0.325 e. The van der Waals surface area contributed by atoms with Gasteiger partial charge in [-0.05, 0) is 35.9 Å². The molecular weight excluding hydrogens is 341 g/mol. The molecule has 3 rings (SSSR count). The van der Waals surface area contributed by atoms with Crippen LogP contribution in [0, 0.1) is 5.82 Å². The van der Waals surface area contributed by atoms with Crippen molar-refractivity contribution in [1.82, 2.24) is 5.32 Å². The molecule has 0 atom stereocenters. The van der Waals surface area contributed by atoms with Crippen LogP contribution >= 0.6 is 0 Å². The number of carbonyl (C=O) groups is 3. The minimum atomic E-state index is -0.785. The molecule has 1 aliphatic heterocycles. The summed E-state index contributed by atoms with van der Waals surface area (Å²) in [5.74, 6) is -1.80. The predicted molar refractivity (Wildman–Crippen MR) is 89.7 cm³/mol. The lowest BCUT2D eigenvalue weighted by molar-refractivity contribution is -0.141. The van der Waals surface area contributed by atoms with E-state index in [1.165, 1.54) is 18.2 Å². The lowest BCUT2D eigenvalue weighted by Crippen LogP contribution is -2.32. The Hall–Kier alpha value is -3.22. The molecule has 0 fully saturated rings. The zero-order chi connectivity index (χ0) is 18.5. The highest BCUT2D eigenvalue weighted by atomic mass is 19.1. The van der Waals surface area contributed by atoms with Gasteiger partial charge in [-0.3, -0.25) is 14.4 Å². The van der Waals surface area contributed by atoms with E-state index in [9.17, 15) is 18.8 Å². The number of fused-ring (bicyclic) bond motifs is 1. The molecule has 0 unspecified atom stereocenters. The first-order chi connectivity index (χ1) is 12.5. The third-order valence-electron chi connectivity index (χ3n) is 3.89. The van der Waals surface area contributed by atoms with E-state index in [0.29, 0.717) is 12.2 Å². The molecule has 2 aromatic carbocycles. The number of halogens is 1. The van der Waals surface area contributed by atoms with Crippen molar-refractivity contribution >= 4 is 17.7 Å². The first-order valence-electron chi connectivity index (χ1n) is 8.02. The minimum absolute atomic E-state index is 0.170. The number of benzene rings is 2. The van der Waals surface area contributed by atoms with Gasteiger partial charge in [0.25, 0.3) is 5.91 Å². The highest BCUT2D eigenvalue weighted by Crippen LogP contribution is 2.25. The largest absolute Gasteiger partial charge is 0.493 e. The minimum Gasteiger partial charge on any atom is -0.493 e. The van der Waals surface area contributed by atoms with Crippen molar-refractivity contribution in [3.8, 4) is 5.75 Å². The fraction of sp³-hybridized carbons (Fsp3) is 0.211. The molecule has 0 aromatic heterocycles. The van der Waals surface area contributed by atoms with Crippen LogP contribution in [0.25, 0.3) is 0 Å². The lowest BCUT2D eigenvalue weighted by Gasteiger charge is -2.07. The Bertz CT molecular complexity index is 865. The highest BCUT2D eigenvalue weighted by Gasteiger charge is 2.17. The summed E-state index contributed by atoms with van der Waals surface area (Å²) in [6.45, 7) is -0.309. The van der Waals surface area contributed by atoms with E-state index in [1.54, 1.807) is 18.2 Å². The summed E-state index contributed by atoms with van der Waals surface area (Å²) in [6.07, 6.45) is 0.734. The van der Waals surface area contributed by atoms with E-state index in [2.05, 4.69) is 5.32 Å². The second-order valence-electron chi connectivity index (χ2n) is 5.67. The van der Waals surface area contributed by atoms with Crippen LogP contribution in [0.2, 0.25) is 0 Å². The first-order valence-corrected chi connectivity index (χ1v) is 8.02. The monoisotopic (exact) mass is 357 g/mol. The van der Waals surface area contributed by atoms with Gasteiger partial charge in [-0.1, -0.05) is 12.1 Å². The van der Waals surface area contributed by atoms with Gasteiger partial charge in [0.2, 0.25) is 0 Å². The van der Waals surface area contributed by atoms with Gasteiger partial charge in [0.1, 0.15) is 18.1 Å². The number of ketones is 1. The van der Waals surface area contributed by atoms with Gasteiger partial charge in [-0.25, -0.2) is 4.39 Å². The maximum Gasteiger partial charge on any atom is 0.325 e. The Balaban J connectivity index is 1.47. The molecule has 0 saturated carbocycles. The second kappa shape index (κ2) is 7.77. The first kappa shape index (κ1) is 17.6. The number of amides is 1. The predicted octanol–water partition coefficient (Wildman–Crippen LogP) is 1.92. The summed E-state index contributed by atoms with van der Waals surface area (Å²) < 4.78 is 23.7. The average Bonchev–Trinajstić information content (AvgIpc) is 3.12. The Morgan fingerprint density at radius 2 is 1.96 bits per heavy atom. The topological polar surface area (TPSA) is 81.7 Å². The molecule has 0 radical (unpaired) electrons. The Morgan fingerprint density at radius 3 is 2.77 bits per heavy atom. The van der Waals surface area contributed by atoms with Crippen molar-refractivity contribution in [3.05, 3.63) is 65.0 Å². The molecule has 6 nitrogen and oxygen atoms in total. The average molecular weight is 357 g/mol. The van der Waals surface area contributed by atoms with E-state index in [4.69, 9.17) is 9.47 Å². The van der Waals surface area contributed by atoms with Crippen LogP contribution in [0.1, 0.15) is 26.3 Å². The molecule has 1 amide bonds. The van der Waals surface area contributed by atoms with Crippen LogP contribution in [-0.4, -0.2) is 37.4 Å². The fourth-order valence-corrected chi connectivity index (χ4v) is 2.53. The standard InChI is InChI=1S/C19H16FNO5/c20-15-4-2-1-3-14(15)19(24)21-10-18(23)26-11-16(22)12-5-6-17-13(9-12)7-8-25-17/h1-6,9H,7-8,10-11H2,(H,21,24). The molecule has 134 valence electrons. The normalized spacial score (nSPS) is 12.0. The third kappa shape index (κ3) is 4.05. The Labute approximate surface area is 148 Å². The molecular formula is C19H16FNO5. The van der Waals surface area contributed by atoms with Crippen molar-refractivity contribution in [2.45, 2.75) is 6.42 Å². The third-order valence-corrected chi connectivity index (χ3v) is 3.89. The molecule has 2 aromatic rings. The maximum absolute atomic E-state index is 13.5. The van der Waals surface area contributed by atoms with E-state index in [1.807, 2.05) is 0 Å². The van der Waals surface area contributed by atoms with Crippen LogP contribution in [0.15, 0.2) is 42.5 Å². The van der Waals surface area contributed by atoms with Crippen LogP contribution in [0.5, 0.6) is 5.75 Å². The van der Waals surface area contributed by atoms with Gasteiger partial charge in [0, 0.05) is 12.0 Å². The maximum atomic E-state index is 13.5. The summed E-state index contributed by atoms with van der Waals surface area (Å²) >= 11 is 0. The van der Waals surface area contributed by atoms with Crippen molar-refractivity contribution < 1.29 is 28.2 Å². The molecule has 1 heterocycles. The van der Waals surface area contributed by atoms with Crippen LogP contribution in [0.3, 0.4) is 0 Å². The van der Waals surface area contributed by atoms with Crippen molar-refractivity contribution in [3.63, 3.8) is 0 Å². The van der Waals surface area contributed by atoms with E-state index in [0.717, 1.165) is 23.8 Å². The van der Waals surface area contributed by atoms with Crippen molar-refractivity contribution in [2.75, 3.05) is 19.8 Å². The SMILES string of the molecule is O=C(CNC(=O)c1ccccc1F)OCC(=O)c1ccc2c(c1)CCO2. The number of rotatable bonds is 6. The molecule has 26 heavy (non-hydrogen) atoms. The fourth-order valence-electron chi connectivity index (χ4n) is 2.53. The van der Waals surface area contributed by atoms with Gasteiger partial charge in [0.15, 0.2) is 12.4 Å². The zero-order valence-electron chi connectivity index (χ0n) is 13.8. The number of Topliss-reactive ketones (excluding diaryl/α,β-unsaturated/α-hetero) is 1. The molecule has 0 saturated heterocycles. The van der Waals surface area contributed by atoms with Gasteiger partial charge in [-0.15, -0.1) is 0 Å². The van der Waals surface area contributed by atoms with E-state index >= 15 is 0 Å². The van der Waals surface area contributed by atoms with Gasteiger partial charge in [0.05, 0.1) is 12.2 Å². The molecule has 1 N–H and O–H groups in total. The summed E-state index contributed by atoms with van der Waals surface area (Å²) in [5.41, 5.74) is 1.20. The van der Waals surface area contributed by atoms with Gasteiger partial charge < -0.3 is 14.8 Å². The number of nitrogens with one attached hydrogen (secondary N) is 1. The molecule has 0 spiro atoms. The Morgan fingerprint density at radius 1 is 1.15 bits per heavy atom.